The van der Waals surface area contributed by atoms with Gasteiger partial charge in [0.1, 0.15) is 24.3 Å². The Hall–Kier alpha value is -2.33. The standard InChI is InChI=1S/C21H24N2O2/c1-14-9-15(2)11-18(10-14)25-13-17(24)12-23-20-6-4-3-5-19(20)22-21(23)16-7-8-16/h3-6,9-11,16-17,24H,7-8,12-13H2,1-2H3/t17-/m1/s1. The molecule has 1 N–H and O–H groups in total. The van der Waals surface area contributed by atoms with Crippen molar-refractivity contribution in [1.29, 1.82) is 0 Å². The van der Waals surface area contributed by atoms with Gasteiger partial charge in [-0.3, -0.25) is 0 Å². The lowest BCUT2D eigenvalue weighted by molar-refractivity contribution is 0.0926. The molecule has 0 spiro atoms. The molecule has 0 amide bonds. The molecule has 0 saturated heterocycles. The quantitative estimate of drug-likeness (QED) is 0.741. The van der Waals surface area contributed by atoms with Crippen molar-refractivity contribution in [1.82, 2.24) is 9.55 Å². The number of aliphatic hydroxyl groups excluding tert-OH is 1. The van der Waals surface area contributed by atoms with Gasteiger partial charge in [-0.15, -0.1) is 0 Å². The molecule has 25 heavy (non-hydrogen) atoms. The van der Waals surface area contributed by atoms with Gasteiger partial charge in [-0.1, -0.05) is 18.2 Å². The van der Waals surface area contributed by atoms with Gasteiger partial charge in [-0.05, 0) is 62.1 Å². The summed E-state index contributed by atoms with van der Waals surface area (Å²) in [4.78, 5) is 4.78. The van der Waals surface area contributed by atoms with Crippen LogP contribution in [0.1, 0.15) is 35.7 Å². The molecule has 1 atom stereocenters. The molecule has 1 saturated carbocycles. The van der Waals surface area contributed by atoms with Crippen LogP contribution in [0.15, 0.2) is 42.5 Å². The fraction of sp³-hybridized carbons (Fsp3) is 0.381. The number of ether oxygens (including phenoxy) is 1. The van der Waals surface area contributed by atoms with E-state index in [9.17, 15) is 5.11 Å². The average Bonchev–Trinajstić information content (AvgIpc) is 3.36. The molecule has 1 aliphatic carbocycles. The van der Waals surface area contributed by atoms with Crippen LogP contribution in [0.5, 0.6) is 5.75 Å². The van der Waals surface area contributed by atoms with E-state index >= 15 is 0 Å². The summed E-state index contributed by atoms with van der Waals surface area (Å²) in [5, 5.41) is 10.5. The smallest absolute Gasteiger partial charge is 0.119 e. The zero-order valence-corrected chi connectivity index (χ0v) is 14.8. The van der Waals surface area contributed by atoms with Gasteiger partial charge in [0.25, 0.3) is 0 Å². The molecule has 0 radical (unpaired) electrons. The van der Waals surface area contributed by atoms with E-state index in [0.29, 0.717) is 12.5 Å². The van der Waals surface area contributed by atoms with Crippen LogP contribution in [0, 0.1) is 13.8 Å². The maximum Gasteiger partial charge on any atom is 0.119 e. The number of aryl methyl sites for hydroxylation is 2. The zero-order chi connectivity index (χ0) is 17.4. The van der Waals surface area contributed by atoms with Crippen LogP contribution in [-0.4, -0.2) is 27.4 Å². The maximum atomic E-state index is 10.5. The minimum atomic E-state index is -0.573. The van der Waals surface area contributed by atoms with Crippen LogP contribution in [0.4, 0.5) is 0 Å². The SMILES string of the molecule is Cc1cc(C)cc(OC[C@H](O)Cn2c(C3CC3)nc3ccccc32)c1. The van der Waals surface area contributed by atoms with Crippen molar-refractivity contribution >= 4 is 11.0 Å². The predicted octanol–water partition coefficient (Wildman–Crippen LogP) is 3.97. The Morgan fingerprint density at radius 3 is 2.60 bits per heavy atom. The first-order valence-corrected chi connectivity index (χ1v) is 8.94. The van der Waals surface area contributed by atoms with Gasteiger partial charge in [-0.2, -0.15) is 0 Å². The largest absolute Gasteiger partial charge is 0.491 e. The van der Waals surface area contributed by atoms with Gasteiger partial charge in [0, 0.05) is 5.92 Å². The number of hydrogen-bond donors (Lipinski definition) is 1. The minimum Gasteiger partial charge on any atom is -0.491 e. The lowest BCUT2D eigenvalue weighted by Crippen LogP contribution is -2.24. The second-order valence-electron chi connectivity index (χ2n) is 7.13. The normalized spacial score (nSPS) is 15.5. The third-order valence-corrected chi connectivity index (χ3v) is 4.66. The minimum absolute atomic E-state index is 0.277. The van der Waals surface area contributed by atoms with Crippen LogP contribution in [0.2, 0.25) is 0 Å². The molecule has 0 unspecified atom stereocenters. The van der Waals surface area contributed by atoms with Gasteiger partial charge in [0.15, 0.2) is 0 Å². The Balaban J connectivity index is 1.50. The fourth-order valence-electron chi connectivity index (χ4n) is 3.41. The van der Waals surface area contributed by atoms with Crippen LogP contribution in [-0.2, 0) is 6.54 Å². The van der Waals surface area contributed by atoms with Crippen molar-refractivity contribution in [3.63, 3.8) is 0 Å². The highest BCUT2D eigenvalue weighted by Crippen LogP contribution is 2.40. The number of para-hydroxylation sites is 2. The van der Waals surface area contributed by atoms with Crippen LogP contribution < -0.4 is 4.74 Å². The van der Waals surface area contributed by atoms with Crippen molar-refractivity contribution in [3.8, 4) is 5.75 Å². The van der Waals surface area contributed by atoms with Crippen molar-refractivity contribution in [3.05, 3.63) is 59.4 Å². The van der Waals surface area contributed by atoms with Crippen molar-refractivity contribution < 1.29 is 9.84 Å². The summed E-state index contributed by atoms with van der Waals surface area (Å²) < 4.78 is 7.99. The Labute approximate surface area is 148 Å². The molecule has 2 aromatic carbocycles. The van der Waals surface area contributed by atoms with Gasteiger partial charge in [-0.25, -0.2) is 4.98 Å². The molecule has 4 rings (SSSR count). The van der Waals surface area contributed by atoms with Crippen LogP contribution in [0.25, 0.3) is 11.0 Å². The first kappa shape index (κ1) is 16.2. The van der Waals surface area contributed by atoms with E-state index in [4.69, 9.17) is 9.72 Å². The van der Waals surface area contributed by atoms with Gasteiger partial charge < -0.3 is 14.4 Å². The van der Waals surface area contributed by atoms with E-state index in [1.807, 2.05) is 30.3 Å². The van der Waals surface area contributed by atoms with E-state index in [2.05, 4.69) is 30.5 Å². The molecular formula is C21H24N2O2. The second kappa shape index (κ2) is 6.52. The topological polar surface area (TPSA) is 47.3 Å². The summed E-state index contributed by atoms with van der Waals surface area (Å²) in [7, 11) is 0. The van der Waals surface area contributed by atoms with E-state index in [1.165, 1.54) is 24.0 Å². The van der Waals surface area contributed by atoms with E-state index in [1.54, 1.807) is 0 Å². The Bertz CT molecular complexity index is 876. The third kappa shape index (κ3) is 3.54. The molecular weight excluding hydrogens is 312 g/mol. The summed E-state index contributed by atoms with van der Waals surface area (Å²) in [5.74, 6) is 2.46. The first-order chi connectivity index (χ1) is 12.1. The average molecular weight is 336 g/mol. The summed E-state index contributed by atoms with van der Waals surface area (Å²) in [6.45, 7) is 4.89. The Morgan fingerprint density at radius 1 is 1.16 bits per heavy atom. The maximum absolute atomic E-state index is 10.5. The summed E-state index contributed by atoms with van der Waals surface area (Å²) in [5.41, 5.74) is 4.43. The van der Waals surface area contributed by atoms with Gasteiger partial charge >= 0.3 is 0 Å². The third-order valence-electron chi connectivity index (χ3n) is 4.66. The highest BCUT2D eigenvalue weighted by Gasteiger charge is 2.30. The molecule has 4 heteroatoms. The molecule has 1 aromatic heterocycles. The number of nitrogens with zero attached hydrogens (tertiary/aromatic N) is 2. The van der Waals surface area contributed by atoms with Gasteiger partial charge in [0.2, 0.25) is 0 Å². The number of aliphatic hydroxyl groups is 1. The molecule has 0 aliphatic heterocycles. The number of benzene rings is 2. The molecule has 3 aromatic rings. The molecule has 130 valence electrons. The lowest BCUT2D eigenvalue weighted by atomic mass is 10.1. The van der Waals surface area contributed by atoms with Crippen LogP contribution >= 0.6 is 0 Å². The summed E-state index contributed by atoms with van der Waals surface area (Å²) in [6.07, 6.45) is 1.81. The summed E-state index contributed by atoms with van der Waals surface area (Å²) >= 11 is 0. The van der Waals surface area contributed by atoms with Gasteiger partial charge in [0.05, 0.1) is 17.6 Å². The van der Waals surface area contributed by atoms with E-state index in [0.717, 1.165) is 22.6 Å². The van der Waals surface area contributed by atoms with E-state index < -0.39 is 6.10 Å². The number of rotatable bonds is 6. The Morgan fingerprint density at radius 2 is 1.88 bits per heavy atom. The number of hydrogen-bond acceptors (Lipinski definition) is 3. The lowest BCUT2D eigenvalue weighted by Gasteiger charge is -2.16. The number of aromatic nitrogens is 2. The number of imidazole rings is 1. The molecule has 0 bridgehead atoms. The predicted molar refractivity (Wildman–Crippen MR) is 99.1 cm³/mol. The van der Waals surface area contributed by atoms with Crippen molar-refractivity contribution in [2.45, 2.75) is 45.3 Å². The highest BCUT2D eigenvalue weighted by atomic mass is 16.5. The van der Waals surface area contributed by atoms with Crippen molar-refractivity contribution in [2.75, 3.05) is 6.61 Å². The molecule has 1 fully saturated rings. The number of fused-ring (bicyclic) bond motifs is 1. The fourth-order valence-corrected chi connectivity index (χ4v) is 3.41. The molecule has 1 heterocycles. The Kier molecular flexibility index (Phi) is 4.22. The zero-order valence-electron chi connectivity index (χ0n) is 14.8. The summed E-state index contributed by atoms with van der Waals surface area (Å²) in [6, 6.07) is 14.3. The van der Waals surface area contributed by atoms with Crippen molar-refractivity contribution in [2.24, 2.45) is 0 Å². The highest BCUT2D eigenvalue weighted by molar-refractivity contribution is 5.76. The molecule has 1 aliphatic rings. The second-order valence-corrected chi connectivity index (χ2v) is 7.13. The van der Waals surface area contributed by atoms with E-state index in [-0.39, 0.29) is 6.61 Å². The first-order valence-electron chi connectivity index (χ1n) is 8.94. The monoisotopic (exact) mass is 336 g/mol. The molecule has 4 nitrogen and oxygen atoms in total. The van der Waals surface area contributed by atoms with Crippen LogP contribution in [0.3, 0.4) is 0 Å².